The van der Waals surface area contributed by atoms with Gasteiger partial charge in [-0.15, -0.1) is 0 Å². The molecule has 5 heterocycles. The number of nitrogens with one attached hydrogen (secondary N) is 1. The van der Waals surface area contributed by atoms with Crippen LogP contribution < -0.4 is 10.6 Å². The van der Waals surface area contributed by atoms with E-state index >= 15 is 0 Å². The molecule has 0 aliphatic carbocycles. The van der Waals surface area contributed by atoms with E-state index in [9.17, 15) is 24.9 Å². The Kier molecular flexibility index (Phi) is 7.92. The lowest BCUT2D eigenvalue weighted by Crippen LogP contribution is -2.27. The van der Waals surface area contributed by atoms with Gasteiger partial charge in [0.2, 0.25) is 0 Å². The third kappa shape index (κ3) is 5.55. The summed E-state index contributed by atoms with van der Waals surface area (Å²) in [5.41, 5.74) is 11.4. The van der Waals surface area contributed by atoms with Crippen LogP contribution in [0.15, 0.2) is 77.7 Å². The number of aliphatic imine (C=N–C) groups is 3. The Hall–Kier alpha value is -4.79. The normalized spacial score (nSPS) is 18.7. The average Bonchev–Trinajstić information content (AvgIpc) is 3.59. The second-order valence-corrected chi connectivity index (χ2v) is 11.2. The fourth-order valence-electron chi connectivity index (χ4n) is 6.09. The van der Waals surface area contributed by atoms with E-state index in [1.54, 1.807) is 6.92 Å². The minimum Gasteiger partial charge on any atom is -0.512 e. The van der Waals surface area contributed by atoms with Gasteiger partial charge >= 0.3 is 11.9 Å². The van der Waals surface area contributed by atoms with E-state index in [1.807, 2.05) is 52.0 Å². The molecule has 1 aromatic rings. The number of hydrogen-bond donors (Lipinski definition) is 4. The predicted octanol–water partition coefficient (Wildman–Crippen LogP) is 5.36. The van der Waals surface area contributed by atoms with Crippen LogP contribution in [0.3, 0.4) is 0 Å². The van der Waals surface area contributed by atoms with Crippen molar-refractivity contribution in [3.63, 3.8) is 0 Å². The summed E-state index contributed by atoms with van der Waals surface area (Å²) in [4.78, 5) is 41.4. The summed E-state index contributed by atoms with van der Waals surface area (Å²) < 4.78 is 0. The summed E-state index contributed by atoms with van der Waals surface area (Å²) in [7, 11) is 0. The van der Waals surface area contributed by atoms with Crippen LogP contribution in [0.25, 0.3) is 17.9 Å². The van der Waals surface area contributed by atoms with Crippen LogP contribution in [-0.2, 0) is 9.59 Å². The van der Waals surface area contributed by atoms with E-state index in [0.717, 1.165) is 62.5 Å². The van der Waals surface area contributed by atoms with Gasteiger partial charge in [-0.1, -0.05) is 6.92 Å². The Bertz CT molecular complexity index is 1890. The van der Waals surface area contributed by atoms with Gasteiger partial charge in [-0.3, -0.25) is 9.59 Å². The molecule has 8 bridgehead atoms. The SMILES string of the molecule is CCC1=C(C)C2=NC1=Cc1[nH]c(/c(=C(\C)O)c1C)=CC1=NC(=CC3=NC(=C2)C(C)=C3CCC(=O)O)C(CCC(=O)O)=C1C. The molecule has 222 valence electrons. The zero-order valence-electron chi connectivity index (χ0n) is 25.3. The molecule has 4 aliphatic rings. The summed E-state index contributed by atoms with van der Waals surface area (Å²) in [6.45, 7) is 11.6. The Balaban J connectivity index is 1.84. The molecule has 0 amide bonds. The van der Waals surface area contributed by atoms with Gasteiger partial charge in [-0.2, -0.15) is 0 Å². The van der Waals surface area contributed by atoms with E-state index in [1.165, 1.54) is 0 Å². The number of allylic oxidation sites excluding steroid dienone is 8. The molecule has 0 spiro atoms. The average molecular weight is 581 g/mol. The molecule has 4 aliphatic heterocycles. The molecule has 0 atom stereocenters. The maximum absolute atomic E-state index is 11.5. The monoisotopic (exact) mass is 580 g/mol. The van der Waals surface area contributed by atoms with Crippen molar-refractivity contribution in [2.75, 3.05) is 0 Å². The number of aromatic amines is 1. The van der Waals surface area contributed by atoms with Gasteiger partial charge in [-0.05, 0) is 117 Å². The van der Waals surface area contributed by atoms with Crippen molar-refractivity contribution in [1.29, 1.82) is 0 Å². The molecule has 0 radical (unpaired) electrons. The Morgan fingerprint density at radius 1 is 0.698 bits per heavy atom. The van der Waals surface area contributed by atoms with Gasteiger partial charge in [-0.25, -0.2) is 15.0 Å². The van der Waals surface area contributed by atoms with Gasteiger partial charge in [0.1, 0.15) is 0 Å². The number of carbonyl (C=O) groups is 2. The Morgan fingerprint density at radius 2 is 1.23 bits per heavy atom. The van der Waals surface area contributed by atoms with E-state index in [-0.39, 0.29) is 25.0 Å². The second-order valence-electron chi connectivity index (χ2n) is 11.2. The van der Waals surface area contributed by atoms with Crippen LogP contribution in [0.1, 0.15) is 78.0 Å². The third-order valence-electron chi connectivity index (χ3n) is 8.48. The van der Waals surface area contributed by atoms with Gasteiger partial charge in [0.15, 0.2) is 0 Å². The van der Waals surface area contributed by atoms with Crippen LogP contribution in [-0.4, -0.2) is 49.4 Å². The van der Waals surface area contributed by atoms with Crippen molar-refractivity contribution >= 4 is 47.0 Å². The molecule has 0 saturated heterocycles. The van der Waals surface area contributed by atoms with E-state index in [4.69, 9.17) is 15.0 Å². The van der Waals surface area contributed by atoms with Crippen molar-refractivity contribution in [2.45, 2.75) is 73.6 Å². The molecule has 0 saturated carbocycles. The van der Waals surface area contributed by atoms with Crippen molar-refractivity contribution in [2.24, 2.45) is 15.0 Å². The highest BCUT2D eigenvalue weighted by atomic mass is 16.4. The second kappa shape index (κ2) is 11.5. The third-order valence-corrected chi connectivity index (χ3v) is 8.48. The van der Waals surface area contributed by atoms with Crippen LogP contribution >= 0.6 is 0 Å². The molecule has 1 aromatic heterocycles. The highest BCUT2D eigenvalue weighted by Crippen LogP contribution is 2.36. The Labute approximate surface area is 249 Å². The number of aliphatic hydroxyl groups excluding tert-OH is 1. The number of fused-ring (bicyclic) bond motifs is 5. The van der Waals surface area contributed by atoms with Crippen molar-refractivity contribution in [3.8, 4) is 0 Å². The first-order chi connectivity index (χ1) is 20.4. The molecule has 9 heteroatoms. The first kappa shape index (κ1) is 29.7. The predicted molar refractivity (Wildman–Crippen MR) is 170 cm³/mol. The van der Waals surface area contributed by atoms with Crippen molar-refractivity contribution in [3.05, 3.63) is 84.5 Å². The highest BCUT2D eigenvalue weighted by Gasteiger charge is 2.27. The minimum atomic E-state index is -0.909. The number of aromatic nitrogens is 1. The molecule has 0 unspecified atom stereocenters. The minimum absolute atomic E-state index is 0.0496. The summed E-state index contributed by atoms with van der Waals surface area (Å²) in [5.74, 6) is -1.64. The molecule has 0 fully saturated rings. The lowest BCUT2D eigenvalue weighted by molar-refractivity contribution is -0.137. The quantitative estimate of drug-likeness (QED) is 0.343. The lowest BCUT2D eigenvalue weighted by atomic mass is 9.96. The molecular formula is C34H36N4O5. The van der Waals surface area contributed by atoms with Crippen LogP contribution in [0.4, 0.5) is 0 Å². The fraction of sp³-hybridized carbons (Fsp3) is 0.324. The summed E-state index contributed by atoms with van der Waals surface area (Å²) in [6.07, 6.45) is 8.91. The number of carboxylic acid groups (broad SMARTS) is 2. The molecule has 5 rings (SSSR count). The zero-order valence-corrected chi connectivity index (χ0v) is 25.3. The maximum atomic E-state index is 11.5. The number of rotatable bonds is 7. The lowest BCUT2D eigenvalue weighted by Gasteiger charge is -2.07. The number of carboxylic acids is 2. The fourth-order valence-corrected chi connectivity index (χ4v) is 6.09. The smallest absolute Gasteiger partial charge is 0.303 e. The molecule has 4 N–H and O–H groups in total. The summed E-state index contributed by atoms with van der Waals surface area (Å²) >= 11 is 0. The zero-order chi connectivity index (χ0) is 31.2. The number of aliphatic carboxylic acids is 2. The first-order valence-electron chi connectivity index (χ1n) is 14.5. The van der Waals surface area contributed by atoms with Gasteiger partial charge in [0.25, 0.3) is 0 Å². The van der Waals surface area contributed by atoms with E-state index < -0.39 is 11.9 Å². The van der Waals surface area contributed by atoms with Crippen molar-refractivity contribution < 1.29 is 24.9 Å². The molecule has 0 aromatic carbocycles. The van der Waals surface area contributed by atoms with E-state index in [0.29, 0.717) is 39.8 Å². The van der Waals surface area contributed by atoms with Crippen LogP contribution in [0.5, 0.6) is 0 Å². The molecular weight excluding hydrogens is 544 g/mol. The molecule has 43 heavy (non-hydrogen) atoms. The number of nitrogens with zero attached hydrogens (tertiary/aromatic N) is 3. The number of aliphatic hydroxyl groups is 1. The van der Waals surface area contributed by atoms with Gasteiger partial charge in [0.05, 0.1) is 45.3 Å². The standard InChI is InChI=1S/C34H36N4O5/c1-7-21-16(2)24-12-25-17(3)22(8-10-32(40)41)29(36-25)15-30-23(9-11-33(42)43)18(4)26(37-30)14-31-34(20(6)39)19(5)27(38-31)13-28(21)35-24/h12-15,38-39H,7-11H2,1-6H3,(H,40,41)(H,42,43)/b25-12?,28-13?,30-15?,31-14?,34-20+. The topological polar surface area (TPSA) is 148 Å². The van der Waals surface area contributed by atoms with Crippen LogP contribution in [0, 0.1) is 6.92 Å². The molecule has 9 nitrogen and oxygen atoms in total. The maximum Gasteiger partial charge on any atom is 0.303 e. The Morgan fingerprint density at radius 3 is 1.84 bits per heavy atom. The van der Waals surface area contributed by atoms with Crippen molar-refractivity contribution in [1.82, 2.24) is 4.98 Å². The summed E-state index contributed by atoms with van der Waals surface area (Å²) in [5, 5.41) is 31.0. The van der Waals surface area contributed by atoms with Crippen LogP contribution in [0.2, 0.25) is 0 Å². The summed E-state index contributed by atoms with van der Waals surface area (Å²) in [6, 6.07) is 0. The van der Waals surface area contributed by atoms with E-state index in [2.05, 4.69) is 11.9 Å². The van der Waals surface area contributed by atoms with Gasteiger partial charge < -0.3 is 20.3 Å². The number of hydrogen-bond acceptors (Lipinski definition) is 6. The largest absolute Gasteiger partial charge is 0.512 e. The first-order valence-corrected chi connectivity index (χ1v) is 14.5. The van der Waals surface area contributed by atoms with Gasteiger partial charge in [0, 0.05) is 23.8 Å². The highest BCUT2D eigenvalue weighted by molar-refractivity contribution is 6.24. The number of H-pyrrole nitrogens is 1.